The van der Waals surface area contributed by atoms with Gasteiger partial charge in [0, 0.05) is 29.3 Å². The van der Waals surface area contributed by atoms with E-state index in [2.05, 4.69) is 12.1 Å². The highest BCUT2D eigenvalue weighted by Gasteiger charge is 2.44. The normalized spacial score (nSPS) is 23.1. The van der Waals surface area contributed by atoms with Gasteiger partial charge in [0.15, 0.2) is 5.78 Å². The summed E-state index contributed by atoms with van der Waals surface area (Å²) in [7, 11) is 1.61. The van der Waals surface area contributed by atoms with Gasteiger partial charge >= 0.3 is 5.97 Å². The van der Waals surface area contributed by atoms with Gasteiger partial charge in [0.1, 0.15) is 11.7 Å². The quantitative estimate of drug-likeness (QED) is 0.654. The van der Waals surface area contributed by atoms with Crippen molar-refractivity contribution in [3.63, 3.8) is 0 Å². The van der Waals surface area contributed by atoms with Crippen molar-refractivity contribution in [2.24, 2.45) is 10.9 Å². The minimum absolute atomic E-state index is 0.0569. The molecular weight excluding hydrogens is 390 g/mol. The van der Waals surface area contributed by atoms with Gasteiger partial charge in [-0.3, -0.25) is 14.6 Å². The third kappa shape index (κ3) is 4.05. The number of Topliss-reactive ketones (excluding diaryl/α,β-unsaturated/α-hetero) is 1. The third-order valence-corrected chi connectivity index (χ3v) is 6.18. The van der Waals surface area contributed by atoms with Crippen molar-refractivity contribution in [3.05, 3.63) is 77.0 Å². The molecule has 0 radical (unpaired) electrons. The van der Waals surface area contributed by atoms with Crippen LogP contribution in [0.15, 0.2) is 70.9 Å². The Labute approximate surface area is 182 Å². The van der Waals surface area contributed by atoms with E-state index in [4.69, 9.17) is 14.5 Å². The van der Waals surface area contributed by atoms with Gasteiger partial charge in [0.05, 0.1) is 13.7 Å². The van der Waals surface area contributed by atoms with E-state index in [1.54, 1.807) is 14.0 Å². The fraction of sp³-hybridized carbons (Fsp3) is 0.346. The van der Waals surface area contributed by atoms with E-state index < -0.39 is 11.8 Å². The third-order valence-electron chi connectivity index (χ3n) is 6.18. The van der Waals surface area contributed by atoms with E-state index in [9.17, 15) is 9.59 Å². The molecule has 0 fully saturated rings. The number of ether oxygens (including phenoxy) is 2. The molecule has 3 atom stereocenters. The predicted molar refractivity (Wildman–Crippen MR) is 119 cm³/mol. The summed E-state index contributed by atoms with van der Waals surface area (Å²) < 4.78 is 10.7. The van der Waals surface area contributed by atoms with Crippen LogP contribution in [0, 0.1) is 5.92 Å². The van der Waals surface area contributed by atoms with Crippen molar-refractivity contribution < 1.29 is 19.1 Å². The summed E-state index contributed by atoms with van der Waals surface area (Å²) in [6.45, 7) is 3.93. The van der Waals surface area contributed by atoms with Gasteiger partial charge in [-0.25, -0.2) is 0 Å². The number of nitrogens with zero attached hydrogens (tertiary/aromatic N) is 1. The molecule has 2 aromatic rings. The lowest BCUT2D eigenvalue weighted by Gasteiger charge is -2.36. The molecule has 4 rings (SSSR count). The average molecular weight is 418 g/mol. The molecule has 31 heavy (non-hydrogen) atoms. The maximum absolute atomic E-state index is 13.4. The number of benzene rings is 2. The van der Waals surface area contributed by atoms with Crippen LogP contribution in [0.3, 0.4) is 0 Å². The van der Waals surface area contributed by atoms with Gasteiger partial charge in [-0.15, -0.1) is 0 Å². The van der Waals surface area contributed by atoms with Crippen LogP contribution in [-0.2, 0) is 14.3 Å². The first-order chi connectivity index (χ1) is 15.0. The average Bonchev–Trinajstić information content (AvgIpc) is 2.78. The van der Waals surface area contributed by atoms with Crippen LogP contribution in [0.1, 0.15) is 49.7 Å². The first-order valence-electron chi connectivity index (χ1n) is 10.7. The smallest absolute Gasteiger partial charge is 0.315 e. The first kappa shape index (κ1) is 21.0. The van der Waals surface area contributed by atoms with Crippen LogP contribution in [0.5, 0.6) is 5.75 Å². The number of esters is 1. The van der Waals surface area contributed by atoms with E-state index in [0.717, 1.165) is 22.6 Å². The van der Waals surface area contributed by atoms with Crippen molar-refractivity contribution in [2.45, 2.75) is 38.5 Å². The van der Waals surface area contributed by atoms with Gasteiger partial charge in [-0.2, -0.15) is 0 Å². The fourth-order valence-electron chi connectivity index (χ4n) is 4.73. The molecule has 160 valence electrons. The van der Waals surface area contributed by atoms with Crippen LogP contribution in [0.25, 0.3) is 0 Å². The molecule has 1 heterocycles. The van der Waals surface area contributed by atoms with Crippen LogP contribution in [0.4, 0.5) is 0 Å². The Morgan fingerprint density at radius 1 is 1.03 bits per heavy atom. The first-order valence-corrected chi connectivity index (χ1v) is 10.7. The Morgan fingerprint density at radius 3 is 2.39 bits per heavy atom. The van der Waals surface area contributed by atoms with E-state index in [-0.39, 0.29) is 24.3 Å². The van der Waals surface area contributed by atoms with Gasteiger partial charge in [0.25, 0.3) is 0 Å². The molecule has 5 nitrogen and oxygen atoms in total. The molecule has 0 saturated carbocycles. The summed E-state index contributed by atoms with van der Waals surface area (Å²) in [4.78, 5) is 31.1. The summed E-state index contributed by atoms with van der Waals surface area (Å²) in [6.07, 6.45) is 1.10. The van der Waals surface area contributed by atoms with Gasteiger partial charge < -0.3 is 9.47 Å². The maximum atomic E-state index is 13.4. The molecule has 5 heteroatoms. The molecule has 0 spiro atoms. The number of allylic oxidation sites excluding steroid dienone is 2. The Balaban J connectivity index is 1.79. The molecule has 0 amide bonds. The molecule has 0 saturated heterocycles. The number of hydrogen-bond donors (Lipinski definition) is 0. The summed E-state index contributed by atoms with van der Waals surface area (Å²) >= 11 is 0. The molecular formula is C26H27NO4. The second-order valence-corrected chi connectivity index (χ2v) is 8.03. The highest BCUT2D eigenvalue weighted by atomic mass is 16.5. The van der Waals surface area contributed by atoms with Crippen LogP contribution in [-0.4, -0.2) is 31.2 Å². The van der Waals surface area contributed by atoms with Crippen molar-refractivity contribution >= 4 is 17.5 Å². The summed E-state index contributed by atoms with van der Waals surface area (Å²) in [5.41, 5.74) is 4.18. The number of ketones is 1. The minimum atomic E-state index is -0.607. The lowest BCUT2D eigenvalue weighted by molar-refractivity contribution is -0.146. The SMILES string of the molecule is CCOC(=O)C1C(C)=NC2=C(C(=O)C[C@H](c3ccccc3)C2)[C@@H]1c1ccc(OC)cc1. The van der Waals surface area contributed by atoms with Crippen LogP contribution in [0.2, 0.25) is 0 Å². The topological polar surface area (TPSA) is 65.0 Å². The Morgan fingerprint density at radius 2 is 1.74 bits per heavy atom. The second kappa shape index (κ2) is 8.88. The summed E-state index contributed by atoms with van der Waals surface area (Å²) in [5.74, 6) is -0.466. The van der Waals surface area contributed by atoms with Gasteiger partial charge in [-0.05, 0) is 49.4 Å². The molecule has 1 aliphatic heterocycles. The monoisotopic (exact) mass is 417 g/mol. The Bertz CT molecular complexity index is 1040. The zero-order valence-corrected chi connectivity index (χ0v) is 18.1. The molecule has 0 aromatic heterocycles. The standard InChI is InChI=1S/C26H27NO4/c1-4-31-26(29)23-16(2)27-21-14-19(17-8-6-5-7-9-17)15-22(28)25(21)24(23)18-10-12-20(30-3)13-11-18/h5-13,19,23-24H,4,14-15H2,1-3H3/t19-,23?,24-/m1/s1. The molecule has 2 aliphatic rings. The lowest BCUT2D eigenvalue weighted by atomic mass is 9.69. The van der Waals surface area contributed by atoms with Crippen LogP contribution < -0.4 is 4.74 Å². The van der Waals surface area contributed by atoms with Crippen molar-refractivity contribution in [3.8, 4) is 5.75 Å². The largest absolute Gasteiger partial charge is 0.497 e. The van der Waals surface area contributed by atoms with E-state index in [1.807, 2.05) is 49.4 Å². The maximum Gasteiger partial charge on any atom is 0.315 e. The summed E-state index contributed by atoms with van der Waals surface area (Å²) in [5, 5.41) is 0. The highest BCUT2D eigenvalue weighted by molar-refractivity contribution is 6.09. The number of methoxy groups -OCH3 is 1. The lowest BCUT2D eigenvalue weighted by Crippen LogP contribution is -2.38. The molecule has 0 bridgehead atoms. The Kier molecular flexibility index (Phi) is 6.03. The van der Waals surface area contributed by atoms with Crippen molar-refractivity contribution in [1.29, 1.82) is 0 Å². The van der Waals surface area contributed by atoms with Crippen molar-refractivity contribution in [1.82, 2.24) is 0 Å². The van der Waals surface area contributed by atoms with Crippen molar-refractivity contribution in [2.75, 3.05) is 13.7 Å². The summed E-state index contributed by atoms with van der Waals surface area (Å²) in [6, 6.07) is 17.7. The van der Waals surface area contributed by atoms with E-state index >= 15 is 0 Å². The fourth-order valence-corrected chi connectivity index (χ4v) is 4.73. The number of aliphatic imine (C=N–C) groups is 1. The van der Waals surface area contributed by atoms with E-state index in [1.165, 1.54) is 0 Å². The number of hydrogen-bond acceptors (Lipinski definition) is 5. The Hall–Kier alpha value is -3.21. The van der Waals surface area contributed by atoms with Gasteiger partial charge in [-0.1, -0.05) is 42.5 Å². The molecule has 1 aliphatic carbocycles. The zero-order valence-electron chi connectivity index (χ0n) is 18.1. The van der Waals surface area contributed by atoms with Crippen LogP contribution >= 0.6 is 0 Å². The number of rotatable bonds is 5. The predicted octanol–water partition coefficient (Wildman–Crippen LogP) is 4.83. The van der Waals surface area contributed by atoms with Gasteiger partial charge in [0.2, 0.25) is 0 Å². The second-order valence-electron chi connectivity index (χ2n) is 8.03. The highest BCUT2D eigenvalue weighted by Crippen LogP contribution is 2.47. The molecule has 2 aromatic carbocycles. The minimum Gasteiger partial charge on any atom is -0.497 e. The number of carbonyl (C=O) groups is 2. The van der Waals surface area contributed by atoms with E-state index in [0.29, 0.717) is 24.1 Å². The zero-order chi connectivity index (χ0) is 22.0. The molecule has 1 unspecified atom stereocenters. The number of carbonyl (C=O) groups excluding carboxylic acids is 2. The molecule has 0 N–H and O–H groups in total.